The Bertz CT molecular complexity index is 848. The molecule has 0 bridgehead atoms. The summed E-state index contributed by atoms with van der Waals surface area (Å²) in [7, 11) is 0. The van der Waals surface area contributed by atoms with E-state index in [1.165, 1.54) is 12.1 Å². The minimum absolute atomic E-state index is 0.0377. The maximum absolute atomic E-state index is 10.9. The van der Waals surface area contributed by atoms with Crippen LogP contribution in [0.4, 0.5) is 5.69 Å². The first-order chi connectivity index (χ1) is 12.1. The second kappa shape index (κ2) is 7.59. The van der Waals surface area contributed by atoms with E-state index in [0.29, 0.717) is 12.2 Å². The van der Waals surface area contributed by atoms with Crippen molar-refractivity contribution in [1.29, 1.82) is 0 Å². The van der Waals surface area contributed by atoms with Crippen LogP contribution in [0.3, 0.4) is 0 Å². The zero-order valence-electron chi connectivity index (χ0n) is 13.5. The van der Waals surface area contributed by atoms with Gasteiger partial charge >= 0.3 is 0 Å². The fourth-order valence-electron chi connectivity index (χ4n) is 2.54. The minimum Gasteiger partial charge on any atom is -0.489 e. The van der Waals surface area contributed by atoms with Gasteiger partial charge in [0, 0.05) is 12.1 Å². The summed E-state index contributed by atoms with van der Waals surface area (Å²) in [4.78, 5) is 10.5. The Kier molecular flexibility index (Phi) is 5.06. The lowest BCUT2D eigenvalue weighted by atomic mass is 9.99. The zero-order valence-corrected chi connectivity index (χ0v) is 13.5. The molecular formula is C20H18N2O3. The Morgan fingerprint density at radius 2 is 1.64 bits per heavy atom. The lowest BCUT2D eigenvalue weighted by Crippen LogP contribution is -2.12. The van der Waals surface area contributed by atoms with E-state index in [9.17, 15) is 10.1 Å². The van der Waals surface area contributed by atoms with E-state index in [1.54, 1.807) is 12.1 Å². The van der Waals surface area contributed by atoms with Crippen LogP contribution in [0.15, 0.2) is 78.9 Å². The molecule has 0 fully saturated rings. The molecule has 0 aliphatic heterocycles. The first-order valence-electron chi connectivity index (χ1n) is 7.90. The molecule has 2 N–H and O–H groups in total. The number of hydrogen-bond donors (Lipinski definition) is 1. The molecule has 3 rings (SSSR count). The molecule has 0 aliphatic rings. The van der Waals surface area contributed by atoms with Gasteiger partial charge in [0.25, 0.3) is 5.69 Å². The Morgan fingerprint density at radius 1 is 0.920 bits per heavy atom. The van der Waals surface area contributed by atoms with E-state index >= 15 is 0 Å². The molecule has 25 heavy (non-hydrogen) atoms. The van der Waals surface area contributed by atoms with Gasteiger partial charge in [-0.25, -0.2) is 0 Å². The van der Waals surface area contributed by atoms with Crippen molar-refractivity contribution in [2.24, 2.45) is 5.73 Å². The van der Waals surface area contributed by atoms with Gasteiger partial charge in [-0.15, -0.1) is 0 Å². The van der Waals surface area contributed by atoms with Crippen LogP contribution in [0.25, 0.3) is 0 Å². The van der Waals surface area contributed by atoms with Crippen molar-refractivity contribution in [2.75, 3.05) is 0 Å². The van der Waals surface area contributed by atoms with Crippen LogP contribution in [0.1, 0.15) is 22.7 Å². The summed E-state index contributed by atoms with van der Waals surface area (Å²) in [5, 5.41) is 10.9. The molecule has 0 spiro atoms. The van der Waals surface area contributed by atoms with Gasteiger partial charge in [0.2, 0.25) is 0 Å². The molecule has 5 nitrogen and oxygen atoms in total. The highest BCUT2D eigenvalue weighted by molar-refractivity contribution is 5.40. The van der Waals surface area contributed by atoms with Crippen molar-refractivity contribution >= 4 is 5.69 Å². The molecule has 1 atom stereocenters. The van der Waals surface area contributed by atoms with E-state index in [1.807, 2.05) is 54.6 Å². The van der Waals surface area contributed by atoms with E-state index in [0.717, 1.165) is 16.9 Å². The molecule has 126 valence electrons. The molecule has 5 heteroatoms. The predicted molar refractivity (Wildman–Crippen MR) is 96.3 cm³/mol. The Labute approximate surface area is 145 Å². The number of nitro benzene ring substituents is 1. The monoisotopic (exact) mass is 334 g/mol. The van der Waals surface area contributed by atoms with Crippen LogP contribution in [0, 0.1) is 10.1 Å². The lowest BCUT2D eigenvalue weighted by molar-refractivity contribution is -0.384. The van der Waals surface area contributed by atoms with Gasteiger partial charge in [-0.2, -0.15) is 0 Å². The molecule has 0 radical (unpaired) electrons. The van der Waals surface area contributed by atoms with Gasteiger partial charge in [-0.1, -0.05) is 54.6 Å². The molecular weight excluding hydrogens is 316 g/mol. The van der Waals surface area contributed by atoms with Crippen LogP contribution in [-0.4, -0.2) is 4.92 Å². The fraction of sp³-hybridized carbons (Fsp3) is 0.100. The molecule has 0 saturated heterocycles. The summed E-state index contributed by atoms with van der Waals surface area (Å²) in [6.45, 7) is 0.497. The number of benzene rings is 3. The molecule has 0 aromatic heterocycles. The molecule has 0 saturated carbocycles. The van der Waals surface area contributed by atoms with Crippen molar-refractivity contribution in [2.45, 2.75) is 12.6 Å². The second-order valence-corrected chi connectivity index (χ2v) is 5.67. The van der Waals surface area contributed by atoms with Crippen molar-refractivity contribution in [3.63, 3.8) is 0 Å². The van der Waals surface area contributed by atoms with E-state index in [4.69, 9.17) is 10.5 Å². The normalized spacial score (nSPS) is 11.7. The number of nitro groups is 1. The lowest BCUT2D eigenvalue weighted by Gasteiger charge is -2.13. The highest BCUT2D eigenvalue weighted by Gasteiger charge is 2.13. The molecule has 0 heterocycles. The van der Waals surface area contributed by atoms with E-state index < -0.39 is 11.0 Å². The van der Waals surface area contributed by atoms with E-state index in [2.05, 4.69) is 0 Å². The molecule has 3 aromatic carbocycles. The SMILES string of the molecule is NC(c1ccc(OCc2ccccc2)cc1)c1cccc([N+](=O)[O-])c1. The summed E-state index contributed by atoms with van der Waals surface area (Å²) >= 11 is 0. The van der Waals surface area contributed by atoms with Crippen LogP contribution in [-0.2, 0) is 6.61 Å². The van der Waals surface area contributed by atoms with Crippen molar-refractivity contribution in [1.82, 2.24) is 0 Å². The number of non-ortho nitro benzene ring substituents is 1. The highest BCUT2D eigenvalue weighted by atomic mass is 16.6. The number of nitrogens with zero attached hydrogens (tertiary/aromatic N) is 1. The summed E-state index contributed by atoms with van der Waals surface area (Å²) in [6, 6.07) is 23.4. The standard InChI is InChI=1S/C20H18N2O3/c21-20(17-7-4-8-18(13-17)22(23)24)16-9-11-19(12-10-16)25-14-15-5-2-1-3-6-15/h1-13,20H,14,21H2. The van der Waals surface area contributed by atoms with Gasteiger partial charge in [-0.05, 0) is 28.8 Å². The minimum atomic E-state index is -0.428. The zero-order chi connectivity index (χ0) is 17.6. The third-order valence-corrected chi connectivity index (χ3v) is 3.93. The van der Waals surface area contributed by atoms with Crippen LogP contribution >= 0.6 is 0 Å². The first-order valence-corrected chi connectivity index (χ1v) is 7.90. The van der Waals surface area contributed by atoms with Gasteiger partial charge in [-0.3, -0.25) is 10.1 Å². The summed E-state index contributed by atoms with van der Waals surface area (Å²) in [5.41, 5.74) is 8.94. The maximum atomic E-state index is 10.9. The summed E-state index contributed by atoms with van der Waals surface area (Å²) in [6.07, 6.45) is 0. The van der Waals surface area contributed by atoms with Crippen LogP contribution in [0.2, 0.25) is 0 Å². The van der Waals surface area contributed by atoms with Crippen molar-refractivity contribution < 1.29 is 9.66 Å². The van der Waals surface area contributed by atoms with Crippen molar-refractivity contribution in [3.05, 3.63) is 106 Å². The van der Waals surface area contributed by atoms with Gasteiger partial charge in [0.1, 0.15) is 12.4 Å². The fourth-order valence-corrected chi connectivity index (χ4v) is 2.54. The number of hydrogen-bond acceptors (Lipinski definition) is 4. The molecule has 0 amide bonds. The second-order valence-electron chi connectivity index (χ2n) is 5.67. The van der Waals surface area contributed by atoms with Gasteiger partial charge in [0.05, 0.1) is 11.0 Å². The first kappa shape index (κ1) is 16.7. The average molecular weight is 334 g/mol. The van der Waals surface area contributed by atoms with Crippen LogP contribution < -0.4 is 10.5 Å². The average Bonchev–Trinajstić information content (AvgIpc) is 2.67. The third kappa shape index (κ3) is 4.22. The third-order valence-electron chi connectivity index (χ3n) is 3.93. The highest BCUT2D eigenvalue weighted by Crippen LogP contribution is 2.25. The maximum Gasteiger partial charge on any atom is 0.269 e. The van der Waals surface area contributed by atoms with Crippen molar-refractivity contribution in [3.8, 4) is 5.75 Å². The predicted octanol–water partition coefficient (Wildman–Crippen LogP) is 4.22. The number of ether oxygens (including phenoxy) is 1. The Morgan fingerprint density at radius 3 is 2.32 bits per heavy atom. The Hall–Kier alpha value is -3.18. The summed E-state index contributed by atoms with van der Waals surface area (Å²) < 4.78 is 5.75. The molecule has 0 aliphatic carbocycles. The topological polar surface area (TPSA) is 78.4 Å². The quantitative estimate of drug-likeness (QED) is 0.541. The smallest absolute Gasteiger partial charge is 0.269 e. The molecule has 3 aromatic rings. The van der Waals surface area contributed by atoms with Gasteiger partial charge in [0.15, 0.2) is 0 Å². The Balaban J connectivity index is 1.69. The van der Waals surface area contributed by atoms with E-state index in [-0.39, 0.29) is 5.69 Å². The van der Waals surface area contributed by atoms with Gasteiger partial charge < -0.3 is 10.5 Å². The number of nitrogens with two attached hydrogens (primary N) is 1. The number of rotatable bonds is 6. The summed E-state index contributed by atoms with van der Waals surface area (Å²) in [5.74, 6) is 0.749. The molecule has 1 unspecified atom stereocenters. The van der Waals surface area contributed by atoms with Crippen LogP contribution in [0.5, 0.6) is 5.75 Å². The largest absolute Gasteiger partial charge is 0.489 e.